The topological polar surface area (TPSA) is 97.1 Å². The normalized spacial score (nSPS) is 11.6. The molecule has 21 heavy (non-hydrogen) atoms. The van der Waals surface area contributed by atoms with E-state index < -0.39 is 10.0 Å². The molecular weight excluding hydrogens is 316 g/mol. The van der Waals surface area contributed by atoms with Gasteiger partial charge in [0, 0.05) is 18.8 Å². The van der Waals surface area contributed by atoms with Gasteiger partial charge < -0.3 is 9.84 Å². The van der Waals surface area contributed by atoms with Crippen LogP contribution in [0.25, 0.3) is 0 Å². The van der Waals surface area contributed by atoms with E-state index in [1.807, 2.05) is 6.92 Å². The van der Waals surface area contributed by atoms with Gasteiger partial charge in [0.1, 0.15) is 16.5 Å². The summed E-state index contributed by atoms with van der Waals surface area (Å²) in [6.07, 6.45) is 1.25. The molecule has 0 atom stereocenters. The first kappa shape index (κ1) is 15.7. The lowest BCUT2D eigenvalue weighted by Gasteiger charge is -2.08. The molecule has 0 saturated heterocycles. The van der Waals surface area contributed by atoms with Gasteiger partial charge in [0.25, 0.3) is 0 Å². The molecule has 0 unspecified atom stereocenters. The zero-order chi connectivity index (χ0) is 15.5. The molecule has 2 rings (SSSR count). The first-order chi connectivity index (χ1) is 9.92. The van der Waals surface area contributed by atoms with Crippen LogP contribution >= 0.6 is 11.6 Å². The Labute approximate surface area is 127 Å². The molecule has 7 nitrogen and oxygen atoms in total. The van der Waals surface area contributed by atoms with Gasteiger partial charge in [0.05, 0.1) is 17.3 Å². The molecule has 114 valence electrons. The molecule has 9 heteroatoms. The molecule has 0 aliphatic carbocycles. The van der Waals surface area contributed by atoms with E-state index in [-0.39, 0.29) is 16.5 Å². The van der Waals surface area contributed by atoms with Crippen molar-refractivity contribution in [3.05, 3.63) is 34.8 Å². The van der Waals surface area contributed by atoms with Crippen molar-refractivity contribution in [2.75, 3.05) is 11.9 Å². The summed E-state index contributed by atoms with van der Waals surface area (Å²) in [4.78, 5) is 3.99. The fraction of sp³-hybridized carbons (Fsp3) is 0.333. The Morgan fingerprint density at radius 2 is 2.14 bits per heavy atom. The average Bonchev–Trinajstić information content (AvgIpc) is 2.85. The quantitative estimate of drug-likeness (QED) is 0.840. The molecule has 2 aromatic heterocycles. The second-order valence-corrected chi connectivity index (χ2v) is 6.46. The van der Waals surface area contributed by atoms with Gasteiger partial charge in [-0.15, -0.1) is 0 Å². The largest absolute Gasteiger partial charge is 0.369 e. The second-order valence-electron chi connectivity index (χ2n) is 4.29. The van der Waals surface area contributed by atoms with Gasteiger partial charge in [0.15, 0.2) is 0 Å². The maximum absolute atomic E-state index is 12.1. The van der Waals surface area contributed by atoms with Crippen molar-refractivity contribution < 1.29 is 12.9 Å². The van der Waals surface area contributed by atoms with Crippen LogP contribution in [0.2, 0.25) is 5.02 Å². The lowest BCUT2D eigenvalue weighted by Crippen LogP contribution is -2.23. The van der Waals surface area contributed by atoms with E-state index in [2.05, 4.69) is 20.2 Å². The zero-order valence-electron chi connectivity index (χ0n) is 11.6. The molecule has 0 bridgehead atoms. The number of pyridine rings is 1. The lowest BCUT2D eigenvalue weighted by atomic mass is 10.4. The van der Waals surface area contributed by atoms with E-state index in [4.69, 9.17) is 16.1 Å². The van der Waals surface area contributed by atoms with Crippen LogP contribution < -0.4 is 10.0 Å². The lowest BCUT2D eigenvalue weighted by molar-refractivity contribution is 0.390. The molecule has 2 aromatic rings. The maximum atomic E-state index is 12.1. The Kier molecular flexibility index (Phi) is 4.81. The molecule has 2 N–H and O–H groups in total. The summed E-state index contributed by atoms with van der Waals surface area (Å²) in [7, 11) is -3.71. The van der Waals surface area contributed by atoms with Gasteiger partial charge in [-0.1, -0.05) is 16.8 Å². The standard InChI is InChI=1S/C12H15ClN4O3S/c1-3-14-12-11(13)5-10(7-15-12)21(18,19)16-6-9-4-8(2)20-17-9/h4-5,7,16H,3,6H2,1-2H3,(H,14,15). The van der Waals surface area contributed by atoms with Crippen molar-refractivity contribution in [2.45, 2.75) is 25.3 Å². The number of hydrogen-bond donors (Lipinski definition) is 2. The second kappa shape index (κ2) is 6.42. The van der Waals surface area contributed by atoms with E-state index in [0.29, 0.717) is 23.8 Å². The van der Waals surface area contributed by atoms with Crippen LogP contribution in [0.4, 0.5) is 5.82 Å². The Morgan fingerprint density at radius 3 is 2.71 bits per heavy atom. The summed E-state index contributed by atoms with van der Waals surface area (Å²) in [6.45, 7) is 4.30. The van der Waals surface area contributed by atoms with Crippen molar-refractivity contribution in [1.29, 1.82) is 0 Å². The molecule has 0 amide bonds. The van der Waals surface area contributed by atoms with Crippen molar-refractivity contribution in [3.8, 4) is 0 Å². The number of rotatable bonds is 6. The van der Waals surface area contributed by atoms with E-state index in [0.717, 1.165) is 0 Å². The van der Waals surface area contributed by atoms with Crippen LogP contribution in [0.1, 0.15) is 18.4 Å². The summed E-state index contributed by atoms with van der Waals surface area (Å²) in [6, 6.07) is 3.00. The van der Waals surface area contributed by atoms with Crippen LogP contribution in [-0.2, 0) is 16.6 Å². The first-order valence-corrected chi connectivity index (χ1v) is 8.09. The molecule has 0 saturated carbocycles. The third kappa shape index (κ3) is 3.93. The summed E-state index contributed by atoms with van der Waals surface area (Å²) < 4.78 is 31.6. The fourth-order valence-electron chi connectivity index (χ4n) is 1.62. The first-order valence-electron chi connectivity index (χ1n) is 6.23. The van der Waals surface area contributed by atoms with Gasteiger partial charge in [-0.05, 0) is 19.9 Å². The van der Waals surface area contributed by atoms with Crippen LogP contribution in [-0.4, -0.2) is 25.1 Å². The minimum absolute atomic E-state index is 0.00521. The minimum Gasteiger partial charge on any atom is -0.369 e. The number of anilines is 1. The van der Waals surface area contributed by atoms with Crippen molar-refractivity contribution in [3.63, 3.8) is 0 Å². The molecule has 0 fully saturated rings. The van der Waals surface area contributed by atoms with Crippen LogP contribution in [0.5, 0.6) is 0 Å². The highest BCUT2D eigenvalue weighted by atomic mass is 35.5. The van der Waals surface area contributed by atoms with E-state index in [9.17, 15) is 8.42 Å². The van der Waals surface area contributed by atoms with Crippen molar-refractivity contribution in [2.24, 2.45) is 0 Å². The summed E-state index contributed by atoms with van der Waals surface area (Å²) in [5, 5.41) is 6.90. The van der Waals surface area contributed by atoms with Gasteiger partial charge in [-0.3, -0.25) is 0 Å². The molecule has 0 aromatic carbocycles. The Hall–Kier alpha value is -1.64. The van der Waals surface area contributed by atoms with Gasteiger partial charge in [-0.2, -0.15) is 0 Å². The Bertz CT molecular complexity index is 730. The number of halogens is 1. The number of hydrogen-bond acceptors (Lipinski definition) is 6. The monoisotopic (exact) mass is 330 g/mol. The maximum Gasteiger partial charge on any atom is 0.242 e. The predicted molar refractivity (Wildman–Crippen MR) is 78.7 cm³/mol. The van der Waals surface area contributed by atoms with E-state index in [1.165, 1.54) is 12.3 Å². The highest BCUT2D eigenvalue weighted by molar-refractivity contribution is 7.89. The highest BCUT2D eigenvalue weighted by Gasteiger charge is 2.17. The molecular formula is C12H15ClN4O3S. The van der Waals surface area contributed by atoms with Gasteiger partial charge in [-0.25, -0.2) is 18.1 Å². The zero-order valence-corrected chi connectivity index (χ0v) is 13.1. The molecule has 2 heterocycles. The minimum atomic E-state index is -3.71. The smallest absolute Gasteiger partial charge is 0.242 e. The Balaban J connectivity index is 2.13. The number of aromatic nitrogens is 2. The third-order valence-electron chi connectivity index (χ3n) is 2.59. The predicted octanol–water partition coefficient (Wildman–Crippen LogP) is 1.94. The van der Waals surface area contributed by atoms with Crippen LogP contribution in [0.3, 0.4) is 0 Å². The van der Waals surface area contributed by atoms with Crippen LogP contribution in [0, 0.1) is 6.92 Å². The van der Waals surface area contributed by atoms with Gasteiger partial charge >= 0.3 is 0 Å². The third-order valence-corrected chi connectivity index (χ3v) is 4.25. The number of aryl methyl sites for hydroxylation is 1. The molecule has 0 aliphatic rings. The number of nitrogens with zero attached hydrogens (tertiary/aromatic N) is 2. The summed E-state index contributed by atoms with van der Waals surface area (Å²) >= 11 is 5.99. The highest BCUT2D eigenvalue weighted by Crippen LogP contribution is 2.22. The van der Waals surface area contributed by atoms with Crippen molar-refractivity contribution >= 4 is 27.4 Å². The molecule has 0 radical (unpaired) electrons. The van der Waals surface area contributed by atoms with E-state index in [1.54, 1.807) is 13.0 Å². The number of nitrogens with one attached hydrogen (secondary N) is 2. The van der Waals surface area contributed by atoms with E-state index >= 15 is 0 Å². The summed E-state index contributed by atoms with van der Waals surface area (Å²) in [5.74, 6) is 1.06. The SMILES string of the molecule is CCNc1ncc(S(=O)(=O)NCc2cc(C)on2)cc1Cl. The number of sulfonamides is 1. The Morgan fingerprint density at radius 1 is 1.38 bits per heavy atom. The van der Waals surface area contributed by atoms with Crippen molar-refractivity contribution in [1.82, 2.24) is 14.9 Å². The average molecular weight is 331 g/mol. The van der Waals surface area contributed by atoms with Crippen LogP contribution in [0.15, 0.2) is 27.7 Å². The van der Waals surface area contributed by atoms with Gasteiger partial charge in [0.2, 0.25) is 10.0 Å². The summed E-state index contributed by atoms with van der Waals surface area (Å²) in [5.41, 5.74) is 0.499. The molecule has 0 spiro atoms. The molecule has 0 aliphatic heterocycles. The fourth-order valence-corrected chi connectivity index (χ4v) is 2.89.